The van der Waals surface area contributed by atoms with Gasteiger partial charge in [0.2, 0.25) is 18.0 Å². The molecule has 31 heavy (non-hydrogen) atoms. The van der Waals surface area contributed by atoms with E-state index in [0.717, 1.165) is 11.1 Å². The van der Waals surface area contributed by atoms with Gasteiger partial charge in [-0.2, -0.15) is 0 Å². The maximum atomic E-state index is 13.1. The van der Waals surface area contributed by atoms with Crippen LogP contribution in [0.1, 0.15) is 46.1 Å². The van der Waals surface area contributed by atoms with Crippen molar-refractivity contribution in [2.75, 3.05) is 19.5 Å². The number of nitrogens with zero attached hydrogens (tertiary/aromatic N) is 1. The Kier molecular flexibility index (Phi) is 5.31. The number of carbonyl (C=O) groups excluding carboxylic acids is 3. The predicted molar refractivity (Wildman–Crippen MR) is 112 cm³/mol. The summed E-state index contributed by atoms with van der Waals surface area (Å²) in [6.45, 7) is 3.85. The van der Waals surface area contributed by atoms with Gasteiger partial charge in [-0.1, -0.05) is 12.1 Å². The van der Waals surface area contributed by atoms with Crippen molar-refractivity contribution in [3.8, 4) is 11.5 Å². The molecule has 2 amide bonds. The average molecular weight is 424 g/mol. The fourth-order valence-electron chi connectivity index (χ4n) is 4.13. The molecule has 2 aromatic rings. The Hall–Kier alpha value is -3.55. The van der Waals surface area contributed by atoms with Crippen LogP contribution in [0.5, 0.6) is 11.5 Å². The van der Waals surface area contributed by atoms with Crippen LogP contribution in [0, 0.1) is 13.8 Å². The smallest absolute Gasteiger partial charge is 0.344 e. The van der Waals surface area contributed by atoms with Gasteiger partial charge in [-0.25, -0.2) is 4.79 Å². The SMILES string of the molecule is COc1ccc2c(c1OC)C(=O)O[C@H]2N1C(=O)CC[C@H]1C(=O)Nc1cc(C)ccc1C. The largest absolute Gasteiger partial charge is 0.493 e. The van der Waals surface area contributed by atoms with Crippen molar-refractivity contribution in [1.29, 1.82) is 0 Å². The zero-order chi connectivity index (χ0) is 22.3. The second-order valence-electron chi connectivity index (χ2n) is 7.69. The van der Waals surface area contributed by atoms with Gasteiger partial charge in [0.05, 0.1) is 14.2 Å². The summed E-state index contributed by atoms with van der Waals surface area (Å²) >= 11 is 0. The van der Waals surface area contributed by atoms with Crippen LogP contribution in [0.25, 0.3) is 0 Å². The molecule has 0 bridgehead atoms. The predicted octanol–water partition coefficient (Wildman–Crippen LogP) is 3.12. The van der Waals surface area contributed by atoms with E-state index in [-0.39, 0.29) is 29.5 Å². The van der Waals surface area contributed by atoms with Gasteiger partial charge in [-0.15, -0.1) is 0 Å². The van der Waals surface area contributed by atoms with Gasteiger partial charge >= 0.3 is 5.97 Å². The van der Waals surface area contributed by atoms with E-state index in [0.29, 0.717) is 23.4 Å². The Labute approximate surface area is 180 Å². The number of fused-ring (bicyclic) bond motifs is 1. The highest BCUT2D eigenvalue weighted by Gasteiger charge is 2.47. The molecule has 0 unspecified atom stereocenters. The molecule has 0 saturated carbocycles. The number of hydrogen-bond acceptors (Lipinski definition) is 6. The molecule has 0 radical (unpaired) electrons. The molecule has 162 valence electrons. The molecule has 1 fully saturated rings. The lowest BCUT2D eigenvalue weighted by atomic mass is 10.0. The van der Waals surface area contributed by atoms with Gasteiger partial charge in [0.15, 0.2) is 11.5 Å². The Morgan fingerprint density at radius 3 is 2.61 bits per heavy atom. The molecule has 2 heterocycles. The number of benzene rings is 2. The Morgan fingerprint density at radius 2 is 1.90 bits per heavy atom. The van der Waals surface area contributed by atoms with Crippen molar-refractivity contribution in [2.24, 2.45) is 0 Å². The average Bonchev–Trinajstić information content (AvgIpc) is 3.29. The second kappa shape index (κ2) is 7.94. The summed E-state index contributed by atoms with van der Waals surface area (Å²) in [5, 5.41) is 2.92. The number of likely N-dealkylation sites (tertiary alicyclic amines) is 1. The third-order valence-electron chi connectivity index (χ3n) is 5.73. The van der Waals surface area contributed by atoms with Crippen LogP contribution in [-0.4, -0.2) is 42.9 Å². The number of esters is 1. The van der Waals surface area contributed by atoms with Crippen molar-refractivity contribution in [1.82, 2.24) is 4.90 Å². The number of ether oxygens (including phenoxy) is 3. The van der Waals surface area contributed by atoms with Gasteiger partial charge in [0.25, 0.3) is 0 Å². The molecule has 8 heteroatoms. The second-order valence-corrected chi connectivity index (χ2v) is 7.69. The Morgan fingerprint density at radius 1 is 1.13 bits per heavy atom. The third-order valence-corrected chi connectivity index (χ3v) is 5.73. The lowest BCUT2D eigenvalue weighted by Gasteiger charge is -2.29. The van der Waals surface area contributed by atoms with Crippen LogP contribution < -0.4 is 14.8 Å². The molecule has 2 atom stereocenters. The van der Waals surface area contributed by atoms with E-state index in [9.17, 15) is 14.4 Å². The van der Waals surface area contributed by atoms with E-state index in [2.05, 4.69) is 5.32 Å². The summed E-state index contributed by atoms with van der Waals surface area (Å²) < 4.78 is 16.2. The van der Waals surface area contributed by atoms with E-state index in [1.54, 1.807) is 12.1 Å². The number of nitrogens with one attached hydrogen (secondary N) is 1. The lowest BCUT2D eigenvalue weighted by Crippen LogP contribution is -2.44. The van der Waals surface area contributed by atoms with Crippen LogP contribution in [0.4, 0.5) is 5.69 Å². The quantitative estimate of drug-likeness (QED) is 0.742. The first kappa shape index (κ1) is 20.7. The third kappa shape index (κ3) is 3.48. The maximum Gasteiger partial charge on any atom is 0.344 e. The van der Waals surface area contributed by atoms with Crippen LogP contribution in [-0.2, 0) is 14.3 Å². The molecular formula is C23H24N2O6. The van der Waals surface area contributed by atoms with Crippen LogP contribution in [0.3, 0.4) is 0 Å². The van der Waals surface area contributed by atoms with Crippen molar-refractivity contribution >= 4 is 23.5 Å². The zero-order valence-corrected chi connectivity index (χ0v) is 17.9. The minimum Gasteiger partial charge on any atom is -0.493 e. The van der Waals surface area contributed by atoms with Crippen LogP contribution >= 0.6 is 0 Å². The zero-order valence-electron chi connectivity index (χ0n) is 17.9. The molecule has 0 aliphatic carbocycles. The van der Waals surface area contributed by atoms with E-state index >= 15 is 0 Å². The highest BCUT2D eigenvalue weighted by atomic mass is 16.6. The van der Waals surface area contributed by atoms with Gasteiger partial charge in [0, 0.05) is 17.7 Å². The van der Waals surface area contributed by atoms with Crippen LogP contribution in [0.15, 0.2) is 30.3 Å². The number of rotatable bonds is 5. The first-order chi connectivity index (χ1) is 14.8. The Balaban J connectivity index is 1.66. The highest BCUT2D eigenvalue weighted by molar-refractivity contribution is 6.01. The molecular weight excluding hydrogens is 400 g/mol. The van der Waals surface area contributed by atoms with Gasteiger partial charge < -0.3 is 19.5 Å². The monoisotopic (exact) mass is 424 g/mol. The van der Waals surface area contributed by atoms with E-state index < -0.39 is 18.2 Å². The number of amides is 2. The number of hydrogen-bond donors (Lipinski definition) is 1. The number of carbonyl (C=O) groups is 3. The number of anilines is 1. The van der Waals surface area contributed by atoms with Gasteiger partial charge in [0.1, 0.15) is 11.6 Å². The van der Waals surface area contributed by atoms with Crippen molar-refractivity contribution < 1.29 is 28.6 Å². The maximum absolute atomic E-state index is 13.1. The molecule has 2 aliphatic rings. The van der Waals surface area contributed by atoms with Gasteiger partial charge in [-0.3, -0.25) is 14.5 Å². The van der Waals surface area contributed by atoms with E-state index in [1.165, 1.54) is 19.1 Å². The van der Waals surface area contributed by atoms with Crippen molar-refractivity contribution in [3.05, 3.63) is 52.6 Å². The van der Waals surface area contributed by atoms with Crippen LogP contribution in [0.2, 0.25) is 0 Å². The summed E-state index contributed by atoms with van der Waals surface area (Å²) in [6.07, 6.45) is -0.458. The standard InChI is InChI=1S/C23H24N2O6/c1-12-5-6-13(2)15(11-12)24-21(27)16-8-10-18(26)25(16)22-14-7-9-17(29-3)20(30-4)19(14)23(28)31-22/h5-7,9,11,16,22H,8,10H2,1-4H3,(H,24,27)/t16-,22+/m0/s1. The minimum absolute atomic E-state index is 0.196. The molecule has 1 N–H and O–H groups in total. The minimum atomic E-state index is -0.994. The summed E-state index contributed by atoms with van der Waals surface area (Å²) in [7, 11) is 2.90. The molecule has 8 nitrogen and oxygen atoms in total. The first-order valence-corrected chi connectivity index (χ1v) is 10.0. The molecule has 1 saturated heterocycles. The number of cyclic esters (lactones) is 1. The molecule has 0 spiro atoms. The number of methoxy groups -OCH3 is 2. The van der Waals surface area contributed by atoms with E-state index in [1.807, 2.05) is 32.0 Å². The summed E-state index contributed by atoms with van der Waals surface area (Å²) in [6, 6.07) is 8.33. The van der Waals surface area contributed by atoms with Gasteiger partial charge in [-0.05, 0) is 49.6 Å². The Bertz CT molecular complexity index is 1080. The summed E-state index contributed by atoms with van der Waals surface area (Å²) in [5.41, 5.74) is 3.31. The fourth-order valence-corrected chi connectivity index (χ4v) is 4.13. The molecule has 4 rings (SSSR count). The first-order valence-electron chi connectivity index (χ1n) is 10.0. The van der Waals surface area contributed by atoms with Crippen molar-refractivity contribution in [3.63, 3.8) is 0 Å². The summed E-state index contributed by atoms with van der Waals surface area (Å²) in [4.78, 5) is 39.9. The molecule has 2 aliphatic heterocycles. The number of aryl methyl sites for hydroxylation is 2. The fraction of sp³-hybridized carbons (Fsp3) is 0.348. The van der Waals surface area contributed by atoms with E-state index in [4.69, 9.17) is 14.2 Å². The molecule has 2 aromatic carbocycles. The molecule has 0 aromatic heterocycles. The topological polar surface area (TPSA) is 94.2 Å². The van der Waals surface area contributed by atoms with Crippen molar-refractivity contribution in [2.45, 2.75) is 39.0 Å². The normalized spacial score (nSPS) is 19.8. The highest BCUT2D eigenvalue weighted by Crippen LogP contribution is 2.45. The lowest BCUT2D eigenvalue weighted by molar-refractivity contribution is -0.144. The summed E-state index contributed by atoms with van der Waals surface area (Å²) in [5.74, 6) is -0.554.